The molecule has 130 valence electrons. The van der Waals surface area contributed by atoms with Crippen molar-refractivity contribution in [1.29, 1.82) is 0 Å². The van der Waals surface area contributed by atoms with Crippen LogP contribution in [0.4, 0.5) is 0 Å². The zero-order valence-corrected chi connectivity index (χ0v) is 15.8. The first-order chi connectivity index (χ1) is 12.0. The molecule has 3 rings (SSSR count). The highest BCUT2D eigenvalue weighted by Crippen LogP contribution is 2.32. The van der Waals surface area contributed by atoms with E-state index in [1.54, 1.807) is 12.3 Å². The number of rotatable bonds is 6. The Morgan fingerprint density at radius 1 is 1.00 bits per heavy atom. The summed E-state index contributed by atoms with van der Waals surface area (Å²) in [6, 6.07) is 18.6. The lowest BCUT2D eigenvalue weighted by atomic mass is 10.2. The number of nitrogens with zero attached hydrogens (tertiary/aromatic N) is 2. The van der Waals surface area contributed by atoms with E-state index in [-0.39, 0.29) is 6.04 Å². The molecular formula is C19H20N2O2S2. The molecule has 0 saturated carbocycles. The van der Waals surface area contributed by atoms with Crippen molar-refractivity contribution in [3.05, 3.63) is 72.4 Å². The number of benzene rings is 1. The van der Waals surface area contributed by atoms with E-state index in [9.17, 15) is 8.42 Å². The molecule has 2 heterocycles. The minimum absolute atomic E-state index is 0.134. The van der Waals surface area contributed by atoms with Crippen LogP contribution in [0.15, 0.2) is 71.1 Å². The molecule has 0 amide bonds. The smallest absolute Gasteiger partial charge is 0.253 e. The average molecular weight is 373 g/mol. The molecule has 0 aliphatic carbocycles. The number of hydrogen-bond acceptors (Lipinski definition) is 4. The predicted octanol–water partition coefficient (Wildman–Crippen LogP) is 4.41. The van der Waals surface area contributed by atoms with Gasteiger partial charge in [-0.3, -0.25) is 4.98 Å². The van der Waals surface area contributed by atoms with Gasteiger partial charge in [0, 0.05) is 18.8 Å². The van der Waals surface area contributed by atoms with E-state index in [0.29, 0.717) is 10.8 Å². The quantitative estimate of drug-likeness (QED) is 0.644. The van der Waals surface area contributed by atoms with Gasteiger partial charge in [-0.05, 0) is 43.7 Å². The van der Waals surface area contributed by atoms with Gasteiger partial charge in [0.05, 0.1) is 10.6 Å². The molecule has 0 aliphatic heterocycles. The molecular weight excluding hydrogens is 352 g/mol. The third-order valence-corrected chi connectivity index (χ3v) is 7.42. The van der Waals surface area contributed by atoms with Crippen LogP contribution in [0.25, 0.3) is 10.6 Å². The fourth-order valence-corrected chi connectivity index (χ4v) is 5.57. The maximum Gasteiger partial charge on any atom is 0.253 e. The minimum Gasteiger partial charge on any atom is -0.255 e. The molecule has 1 aromatic carbocycles. The van der Waals surface area contributed by atoms with Gasteiger partial charge in [0.2, 0.25) is 0 Å². The summed E-state index contributed by atoms with van der Waals surface area (Å²) in [5.41, 5.74) is 1.76. The van der Waals surface area contributed by atoms with Gasteiger partial charge in [0.25, 0.3) is 10.0 Å². The monoisotopic (exact) mass is 372 g/mol. The molecule has 0 atom stereocenters. The highest BCUT2D eigenvalue weighted by atomic mass is 32.2. The largest absolute Gasteiger partial charge is 0.255 e. The van der Waals surface area contributed by atoms with Crippen LogP contribution in [0.5, 0.6) is 0 Å². The molecule has 3 aromatic rings. The van der Waals surface area contributed by atoms with Crippen molar-refractivity contribution in [3.63, 3.8) is 0 Å². The van der Waals surface area contributed by atoms with Crippen LogP contribution in [0.1, 0.15) is 19.4 Å². The summed E-state index contributed by atoms with van der Waals surface area (Å²) in [6.45, 7) is 4.15. The van der Waals surface area contributed by atoms with Gasteiger partial charge in [-0.2, -0.15) is 4.31 Å². The Balaban J connectivity index is 1.92. The van der Waals surface area contributed by atoms with E-state index in [0.717, 1.165) is 16.1 Å². The summed E-state index contributed by atoms with van der Waals surface area (Å²) in [4.78, 5) is 5.14. The Kier molecular flexibility index (Phi) is 5.32. The maximum atomic E-state index is 13.1. The fraction of sp³-hybridized carbons (Fsp3) is 0.211. The molecule has 0 radical (unpaired) electrons. The van der Waals surface area contributed by atoms with E-state index >= 15 is 0 Å². The Morgan fingerprint density at radius 2 is 1.72 bits per heavy atom. The van der Waals surface area contributed by atoms with Gasteiger partial charge in [-0.25, -0.2) is 8.42 Å². The summed E-state index contributed by atoms with van der Waals surface area (Å²) in [5, 5.41) is 0. The normalized spacial score (nSPS) is 12.0. The van der Waals surface area contributed by atoms with E-state index < -0.39 is 10.0 Å². The van der Waals surface area contributed by atoms with Crippen LogP contribution in [0.2, 0.25) is 0 Å². The van der Waals surface area contributed by atoms with Gasteiger partial charge < -0.3 is 0 Å². The van der Waals surface area contributed by atoms with E-state index in [1.807, 2.05) is 68.4 Å². The standard InChI is InChI=1S/C19H20N2O2S2/c1-15(2)21(14-16-8-4-3-5-9-16)25(22,23)19-12-11-18(24-19)17-10-6-7-13-20-17/h3-13,15H,14H2,1-2H3. The summed E-state index contributed by atoms with van der Waals surface area (Å²) < 4.78 is 28.2. The van der Waals surface area contributed by atoms with Gasteiger partial charge >= 0.3 is 0 Å². The Hall–Kier alpha value is -2.02. The Labute approximate surface area is 152 Å². The van der Waals surface area contributed by atoms with Gasteiger partial charge in [0.15, 0.2) is 0 Å². The van der Waals surface area contributed by atoms with E-state index in [2.05, 4.69) is 4.98 Å². The predicted molar refractivity (Wildman–Crippen MR) is 102 cm³/mol. The molecule has 6 heteroatoms. The third kappa shape index (κ3) is 3.98. The van der Waals surface area contributed by atoms with Crippen molar-refractivity contribution in [1.82, 2.24) is 9.29 Å². The zero-order chi connectivity index (χ0) is 17.9. The molecule has 2 aromatic heterocycles. The van der Waals surface area contributed by atoms with Crippen molar-refractivity contribution in [3.8, 4) is 10.6 Å². The first-order valence-corrected chi connectivity index (χ1v) is 10.3. The first kappa shape index (κ1) is 17.8. The van der Waals surface area contributed by atoms with Gasteiger partial charge in [-0.1, -0.05) is 36.4 Å². The van der Waals surface area contributed by atoms with Crippen LogP contribution in [-0.4, -0.2) is 23.7 Å². The fourth-order valence-electron chi connectivity index (χ4n) is 2.53. The van der Waals surface area contributed by atoms with Crippen molar-refractivity contribution < 1.29 is 8.42 Å². The number of hydrogen-bond donors (Lipinski definition) is 0. The van der Waals surface area contributed by atoms with Crippen molar-refractivity contribution in [2.75, 3.05) is 0 Å². The summed E-state index contributed by atoms with van der Waals surface area (Å²) >= 11 is 1.26. The minimum atomic E-state index is -3.56. The topological polar surface area (TPSA) is 50.3 Å². The first-order valence-electron chi connectivity index (χ1n) is 8.05. The second-order valence-electron chi connectivity index (χ2n) is 5.96. The molecule has 4 nitrogen and oxygen atoms in total. The number of thiophene rings is 1. The van der Waals surface area contributed by atoms with Crippen LogP contribution < -0.4 is 0 Å². The highest BCUT2D eigenvalue weighted by Gasteiger charge is 2.28. The second-order valence-corrected chi connectivity index (χ2v) is 9.16. The molecule has 0 bridgehead atoms. The SMILES string of the molecule is CC(C)N(Cc1ccccc1)S(=O)(=O)c1ccc(-c2ccccn2)s1. The molecule has 0 aliphatic rings. The van der Waals surface area contributed by atoms with Crippen LogP contribution >= 0.6 is 11.3 Å². The van der Waals surface area contributed by atoms with Gasteiger partial charge in [0.1, 0.15) is 4.21 Å². The summed E-state index contributed by atoms with van der Waals surface area (Å²) in [7, 11) is -3.56. The maximum absolute atomic E-state index is 13.1. The lowest BCUT2D eigenvalue weighted by molar-refractivity contribution is 0.349. The number of pyridine rings is 1. The molecule has 25 heavy (non-hydrogen) atoms. The molecule has 0 unspecified atom stereocenters. The van der Waals surface area contributed by atoms with Crippen molar-refractivity contribution >= 4 is 21.4 Å². The second kappa shape index (κ2) is 7.47. The molecule has 0 spiro atoms. The third-order valence-electron chi connectivity index (χ3n) is 3.82. The summed E-state index contributed by atoms with van der Waals surface area (Å²) in [6.07, 6.45) is 1.71. The molecule has 0 saturated heterocycles. The van der Waals surface area contributed by atoms with Gasteiger partial charge in [-0.15, -0.1) is 11.3 Å². The van der Waals surface area contributed by atoms with Crippen LogP contribution in [-0.2, 0) is 16.6 Å². The number of sulfonamides is 1. The van der Waals surface area contributed by atoms with Crippen molar-refractivity contribution in [2.45, 2.75) is 30.6 Å². The summed E-state index contributed by atoms with van der Waals surface area (Å²) in [5.74, 6) is 0. The highest BCUT2D eigenvalue weighted by molar-refractivity contribution is 7.91. The average Bonchev–Trinajstić information content (AvgIpc) is 3.12. The number of aromatic nitrogens is 1. The lowest BCUT2D eigenvalue weighted by Gasteiger charge is -2.25. The van der Waals surface area contributed by atoms with E-state index in [4.69, 9.17) is 0 Å². The van der Waals surface area contributed by atoms with Crippen molar-refractivity contribution in [2.24, 2.45) is 0 Å². The Morgan fingerprint density at radius 3 is 2.36 bits per heavy atom. The zero-order valence-electron chi connectivity index (χ0n) is 14.2. The lowest BCUT2D eigenvalue weighted by Crippen LogP contribution is -2.35. The van der Waals surface area contributed by atoms with Crippen LogP contribution in [0, 0.1) is 0 Å². The Bertz CT molecular complexity index is 920. The molecule has 0 N–H and O–H groups in total. The molecule has 0 fully saturated rings. The van der Waals surface area contributed by atoms with E-state index in [1.165, 1.54) is 15.6 Å². The van der Waals surface area contributed by atoms with Crippen LogP contribution in [0.3, 0.4) is 0 Å².